The van der Waals surface area contributed by atoms with Crippen molar-refractivity contribution in [2.45, 2.75) is 38.8 Å². The summed E-state index contributed by atoms with van der Waals surface area (Å²) >= 11 is 6.25. The SMILES string of the molecule is Cc1cc2oc3c(c(=O)c2cc1C)[C@@H](c1cccc(Cl)c1)N(C[C@@H]1CCCO1)C3=O. The Morgan fingerprint density at radius 1 is 1.13 bits per heavy atom. The number of fused-ring (bicyclic) bond motifs is 2. The van der Waals surface area contributed by atoms with E-state index in [0.717, 1.165) is 29.5 Å². The Hall–Kier alpha value is -2.63. The number of hydrogen-bond donors (Lipinski definition) is 0. The number of carbonyl (C=O) groups excluding carboxylic acids is 1. The molecule has 0 unspecified atom stereocenters. The zero-order valence-electron chi connectivity index (χ0n) is 16.9. The molecule has 2 aliphatic heterocycles. The summed E-state index contributed by atoms with van der Waals surface area (Å²) in [6.07, 6.45) is 1.82. The van der Waals surface area contributed by atoms with Gasteiger partial charge in [0.1, 0.15) is 5.58 Å². The fraction of sp³-hybridized carbons (Fsp3) is 0.333. The molecule has 0 spiro atoms. The Kier molecular flexibility index (Phi) is 4.68. The minimum atomic E-state index is -0.544. The van der Waals surface area contributed by atoms with Gasteiger partial charge in [-0.3, -0.25) is 9.59 Å². The summed E-state index contributed by atoms with van der Waals surface area (Å²) in [5.74, 6) is -0.151. The average molecular weight is 424 g/mol. The molecule has 0 N–H and O–H groups in total. The monoisotopic (exact) mass is 423 g/mol. The van der Waals surface area contributed by atoms with E-state index in [9.17, 15) is 9.59 Å². The highest BCUT2D eigenvalue weighted by molar-refractivity contribution is 6.30. The molecule has 2 aliphatic rings. The van der Waals surface area contributed by atoms with Crippen LogP contribution in [-0.4, -0.2) is 30.1 Å². The molecule has 1 aromatic heterocycles. The van der Waals surface area contributed by atoms with Gasteiger partial charge in [0.05, 0.1) is 23.1 Å². The maximum absolute atomic E-state index is 13.6. The number of benzene rings is 2. The van der Waals surface area contributed by atoms with Crippen LogP contribution < -0.4 is 5.43 Å². The number of hydrogen-bond acceptors (Lipinski definition) is 4. The first-order valence-electron chi connectivity index (χ1n) is 10.2. The van der Waals surface area contributed by atoms with Crippen molar-refractivity contribution in [2.24, 2.45) is 0 Å². The molecule has 5 nitrogen and oxygen atoms in total. The fourth-order valence-corrected chi connectivity index (χ4v) is 4.69. The van der Waals surface area contributed by atoms with Crippen LogP contribution >= 0.6 is 11.6 Å². The van der Waals surface area contributed by atoms with Gasteiger partial charge in [-0.2, -0.15) is 0 Å². The summed E-state index contributed by atoms with van der Waals surface area (Å²) in [6, 6.07) is 10.4. The van der Waals surface area contributed by atoms with Gasteiger partial charge >= 0.3 is 0 Å². The van der Waals surface area contributed by atoms with E-state index < -0.39 is 6.04 Å². The first-order valence-corrected chi connectivity index (χ1v) is 10.6. The van der Waals surface area contributed by atoms with E-state index in [1.807, 2.05) is 38.1 Å². The zero-order valence-corrected chi connectivity index (χ0v) is 17.7. The van der Waals surface area contributed by atoms with E-state index in [4.69, 9.17) is 20.8 Å². The number of halogens is 1. The van der Waals surface area contributed by atoms with E-state index in [0.29, 0.717) is 34.7 Å². The second-order valence-electron chi connectivity index (χ2n) is 8.16. The summed E-state index contributed by atoms with van der Waals surface area (Å²) in [5.41, 5.74) is 3.48. The second kappa shape index (κ2) is 7.25. The Balaban J connectivity index is 1.73. The molecule has 1 amide bonds. The topological polar surface area (TPSA) is 59.8 Å². The average Bonchev–Trinajstić information content (AvgIpc) is 3.32. The smallest absolute Gasteiger partial charge is 0.291 e. The number of aryl methyl sites for hydroxylation is 2. The third kappa shape index (κ3) is 3.04. The molecule has 0 saturated carbocycles. The third-order valence-electron chi connectivity index (χ3n) is 6.17. The molecule has 1 saturated heterocycles. The molecule has 3 heterocycles. The lowest BCUT2D eigenvalue weighted by atomic mass is 9.97. The van der Waals surface area contributed by atoms with Gasteiger partial charge < -0.3 is 14.1 Å². The van der Waals surface area contributed by atoms with Gasteiger partial charge in [0, 0.05) is 18.2 Å². The van der Waals surface area contributed by atoms with Crippen LogP contribution in [0.4, 0.5) is 0 Å². The van der Waals surface area contributed by atoms with E-state index in [-0.39, 0.29) is 23.2 Å². The third-order valence-corrected chi connectivity index (χ3v) is 6.41. The maximum atomic E-state index is 13.6. The van der Waals surface area contributed by atoms with Crippen molar-refractivity contribution >= 4 is 28.5 Å². The van der Waals surface area contributed by atoms with Crippen LogP contribution in [0.2, 0.25) is 5.02 Å². The highest BCUT2D eigenvalue weighted by Gasteiger charge is 2.44. The molecule has 0 bridgehead atoms. The molecular weight excluding hydrogens is 402 g/mol. The van der Waals surface area contributed by atoms with Crippen LogP contribution in [0, 0.1) is 13.8 Å². The van der Waals surface area contributed by atoms with Crippen molar-refractivity contribution in [3.63, 3.8) is 0 Å². The molecule has 1 fully saturated rings. The van der Waals surface area contributed by atoms with Gasteiger partial charge in [-0.25, -0.2) is 0 Å². The normalized spacial score (nSPS) is 20.9. The molecule has 154 valence electrons. The van der Waals surface area contributed by atoms with Crippen LogP contribution in [0.3, 0.4) is 0 Å². The highest BCUT2D eigenvalue weighted by atomic mass is 35.5. The van der Waals surface area contributed by atoms with E-state index >= 15 is 0 Å². The number of rotatable bonds is 3. The Bertz CT molecular complexity index is 1230. The summed E-state index contributed by atoms with van der Waals surface area (Å²) < 4.78 is 11.8. The van der Waals surface area contributed by atoms with Gasteiger partial charge in [0.15, 0.2) is 5.43 Å². The lowest BCUT2D eigenvalue weighted by Crippen LogP contribution is -2.36. The predicted molar refractivity (Wildman–Crippen MR) is 115 cm³/mol. The van der Waals surface area contributed by atoms with Crippen LogP contribution in [0.5, 0.6) is 0 Å². The Morgan fingerprint density at radius 3 is 2.67 bits per heavy atom. The molecule has 2 atom stereocenters. The Morgan fingerprint density at radius 2 is 1.93 bits per heavy atom. The lowest BCUT2D eigenvalue weighted by molar-refractivity contribution is 0.0486. The molecule has 0 radical (unpaired) electrons. The van der Waals surface area contributed by atoms with Crippen molar-refractivity contribution in [2.75, 3.05) is 13.2 Å². The van der Waals surface area contributed by atoms with Crippen molar-refractivity contribution in [1.82, 2.24) is 4.90 Å². The number of amides is 1. The zero-order chi connectivity index (χ0) is 21.0. The molecular formula is C24H22ClNO4. The minimum Gasteiger partial charge on any atom is -0.450 e. The van der Waals surface area contributed by atoms with E-state index in [1.54, 1.807) is 17.0 Å². The van der Waals surface area contributed by atoms with E-state index in [2.05, 4.69) is 0 Å². The van der Waals surface area contributed by atoms with Gasteiger partial charge in [-0.05, 0) is 67.6 Å². The number of nitrogens with zero attached hydrogens (tertiary/aromatic N) is 1. The maximum Gasteiger partial charge on any atom is 0.291 e. The van der Waals surface area contributed by atoms with Crippen LogP contribution in [-0.2, 0) is 4.74 Å². The van der Waals surface area contributed by atoms with Crippen molar-refractivity contribution in [3.8, 4) is 0 Å². The standard InChI is InChI=1S/C24H22ClNO4/c1-13-9-18-19(10-14(13)2)30-23-20(22(18)27)21(15-5-3-6-16(25)11-15)26(24(23)28)12-17-7-4-8-29-17/h3,5-6,9-11,17,21H,4,7-8,12H2,1-2H3/t17-,21+/m0/s1. The Labute approximate surface area is 179 Å². The van der Waals surface area contributed by atoms with E-state index in [1.165, 1.54) is 0 Å². The second-order valence-corrected chi connectivity index (χ2v) is 8.59. The summed E-state index contributed by atoms with van der Waals surface area (Å²) in [6.45, 7) is 5.03. The summed E-state index contributed by atoms with van der Waals surface area (Å²) in [7, 11) is 0. The molecule has 0 aliphatic carbocycles. The van der Waals surface area contributed by atoms with Crippen molar-refractivity contribution < 1.29 is 13.9 Å². The first-order chi connectivity index (χ1) is 14.4. The van der Waals surface area contributed by atoms with Crippen molar-refractivity contribution in [3.05, 3.63) is 79.7 Å². The van der Waals surface area contributed by atoms with Gasteiger partial charge in [0.2, 0.25) is 5.76 Å². The molecule has 2 aromatic carbocycles. The summed E-state index contributed by atoms with van der Waals surface area (Å²) in [5, 5.41) is 1.05. The van der Waals surface area contributed by atoms with Crippen molar-refractivity contribution in [1.29, 1.82) is 0 Å². The molecule has 6 heteroatoms. The van der Waals surface area contributed by atoms with Gasteiger partial charge in [0.25, 0.3) is 5.91 Å². The largest absolute Gasteiger partial charge is 0.450 e. The lowest BCUT2D eigenvalue weighted by Gasteiger charge is -2.27. The minimum absolute atomic E-state index is 0.0426. The van der Waals surface area contributed by atoms with Gasteiger partial charge in [-0.1, -0.05) is 23.7 Å². The fourth-order valence-electron chi connectivity index (χ4n) is 4.49. The number of carbonyl (C=O) groups is 1. The molecule has 30 heavy (non-hydrogen) atoms. The molecule has 5 rings (SSSR count). The number of ether oxygens (including phenoxy) is 1. The predicted octanol–water partition coefficient (Wildman–Crippen LogP) is 4.79. The van der Waals surface area contributed by atoms with Crippen LogP contribution in [0.1, 0.15) is 51.7 Å². The van der Waals surface area contributed by atoms with Gasteiger partial charge in [-0.15, -0.1) is 0 Å². The molecule has 3 aromatic rings. The van der Waals surface area contributed by atoms with Crippen LogP contribution in [0.15, 0.2) is 45.6 Å². The summed E-state index contributed by atoms with van der Waals surface area (Å²) in [4.78, 5) is 28.7. The van der Waals surface area contributed by atoms with Crippen LogP contribution in [0.25, 0.3) is 11.0 Å². The quantitative estimate of drug-likeness (QED) is 0.607. The highest BCUT2D eigenvalue weighted by Crippen LogP contribution is 2.39. The first kappa shape index (κ1) is 19.3.